The molecular weight excluding hydrogens is 378 g/mol. The van der Waals surface area contributed by atoms with Gasteiger partial charge in [0.25, 0.3) is 5.91 Å². The third-order valence-electron chi connectivity index (χ3n) is 3.93. The molecule has 0 spiro atoms. The number of benzene rings is 1. The molecule has 27 heavy (non-hydrogen) atoms. The van der Waals surface area contributed by atoms with Crippen molar-refractivity contribution >= 4 is 23.6 Å². The van der Waals surface area contributed by atoms with E-state index < -0.39 is 18.4 Å². The zero-order valence-corrected chi connectivity index (χ0v) is 15.3. The predicted octanol–water partition coefficient (Wildman–Crippen LogP) is 2.83. The molecule has 3 rings (SSSR count). The second-order valence-electron chi connectivity index (χ2n) is 5.93. The van der Waals surface area contributed by atoms with Crippen LogP contribution in [-0.2, 0) is 11.3 Å². The Bertz CT molecular complexity index is 822. The molecule has 0 radical (unpaired) electrons. The molecule has 1 aromatic carbocycles. The Kier molecular flexibility index (Phi) is 6.04. The monoisotopic (exact) mass is 396 g/mol. The Morgan fingerprint density at radius 2 is 2.00 bits per heavy atom. The molecule has 1 saturated carbocycles. The Balaban J connectivity index is 1.52. The zero-order valence-electron chi connectivity index (χ0n) is 14.5. The lowest BCUT2D eigenvalue weighted by atomic mass is 10.2. The minimum atomic E-state index is -2.94. The maximum absolute atomic E-state index is 12.1. The molecule has 2 amide bonds. The van der Waals surface area contributed by atoms with Gasteiger partial charge in [0.2, 0.25) is 5.91 Å². The van der Waals surface area contributed by atoms with Crippen molar-refractivity contribution in [2.45, 2.75) is 44.0 Å². The number of hydrogen-bond acceptors (Lipinski definition) is 6. The fourth-order valence-corrected chi connectivity index (χ4v) is 3.31. The van der Waals surface area contributed by atoms with Crippen LogP contribution in [0.25, 0.3) is 0 Å². The Morgan fingerprint density at radius 3 is 2.59 bits per heavy atom. The molecule has 7 nitrogen and oxygen atoms in total. The second-order valence-corrected chi connectivity index (χ2v) is 6.87. The summed E-state index contributed by atoms with van der Waals surface area (Å²) >= 11 is 1.21. The molecule has 10 heteroatoms. The van der Waals surface area contributed by atoms with Gasteiger partial charge in [-0.2, -0.15) is 8.78 Å². The van der Waals surface area contributed by atoms with Gasteiger partial charge in [-0.05, 0) is 44.0 Å². The number of alkyl halides is 2. The molecule has 0 saturated heterocycles. The number of carbonyl (C=O) groups excluding carboxylic acids is 2. The van der Waals surface area contributed by atoms with Crippen molar-refractivity contribution in [3.8, 4) is 5.75 Å². The fraction of sp³-hybridized carbons (Fsp3) is 0.412. The van der Waals surface area contributed by atoms with Gasteiger partial charge in [0.1, 0.15) is 11.6 Å². The van der Waals surface area contributed by atoms with E-state index in [1.807, 2.05) is 11.5 Å². The largest absolute Gasteiger partial charge is 0.435 e. The number of aromatic nitrogens is 3. The summed E-state index contributed by atoms with van der Waals surface area (Å²) in [5.41, 5.74) is 0.169. The van der Waals surface area contributed by atoms with E-state index in [9.17, 15) is 18.4 Å². The van der Waals surface area contributed by atoms with Gasteiger partial charge in [0.05, 0.1) is 5.75 Å². The first-order valence-corrected chi connectivity index (χ1v) is 9.41. The molecule has 2 aromatic rings. The number of imide groups is 1. The molecule has 1 fully saturated rings. The topological polar surface area (TPSA) is 86.1 Å². The molecule has 1 heterocycles. The number of rotatable bonds is 8. The number of amides is 2. The van der Waals surface area contributed by atoms with Gasteiger partial charge in [-0.1, -0.05) is 11.8 Å². The minimum absolute atomic E-state index is 0.0150. The summed E-state index contributed by atoms with van der Waals surface area (Å²) in [6.45, 7) is -0.229. The zero-order chi connectivity index (χ0) is 19.4. The van der Waals surface area contributed by atoms with Crippen molar-refractivity contribution in [1.29, 1.82) is 0 Å². The molecule has 0 bridgehead atoms. The van der Waals surface area contributed by atoms with Gasteiger partial charge < -0.3 is 9.30 Å². The van der Waals surface area contributed by atoms with Crippen LogP contribution in [0.1, 0.15) is 41.9 Å². The lowest BCUT2D eigenvalue weighted by molar-refractivity contribution is -0.117. The van der Waals surface area contributed by atoms with Crippen LogP contribution < -0.4 is 10.1 Å². The van der Waals surface area contributed by atoms with E-state index in [2.05, 4.69) is 20.3 Å². The highest BCUT2D eigenvalue weighted by Gasteiger charge is 2.30. The standard InChI is InChI=1S/C17H18F2N4O3S/c1-2-23-14(10-3-4-10)21-22-17(23)27-9-13(24)20-15(25)11-5-7-12(8-6-11)26-16(18)19/h5-8,10,16H,2-4,9H2,1H3,(H,20,24,25). The quantitative estimate of drug-likeness (QED) is 0.691. The number of carbonyl (C=O) groups is 2. The molecular formula is C17H18F2N4O3S. The van der Waals surface area contributed by atoms with Crippen LogP contribution in [-0.4, -0.2) is 38.9 Å². The molecule has 0 aliphatic heterocycles. The summed E-state index contributed by atoms with van der Waals surface area (Å²) < 4.78 is 30.4. The van der Waals surface area contributed by atoms with Crippen LogP contribution >= 0.6 is 11.8 Å². The van der Waals surface area contributed by atoms with E-state index in [4.69, 9.17) is 0 Å². The van der Waals surface area contributed by atoms with Gasteiger partial charge in [-0.3, -0.25) is 14.9 Å². The SMILES string of the molecule is CCn1c(SCC(=O)NC(=O)c2ccc(OC(F)F)cc2)nnc1C1CC1. The highest BCUT2D eigenvalue weighted by atomic mass is 32.2. The van der Waals surface area contributed by atoms with Crippen LogP contribution in [0.15, 0.2) is 29.4 Å². The summed E-state index contributed by atoms with van der Waals surface area (Å²) in [7, 11) is 0. The lowest BCUT2D eigenvalue weighted by Crippen LogP contribution is -2.31. The number of nitrogens with one attached hydrogen (secondary N) is 1. The Labute approximate surface area is 158 Å². The maximum atomic E-state index is 12.1. The van der Waals surface area contributed by atoms with Crippen molar-refractivity contribution in [3.05, 3.63) is 35.7 Å². The third kappa shape index (κ3) is 5.03. The summed E-state index contributed by atoms with van der Waals surface area (Å²) in [4.78, 5) is 24.1. The lowest BCUT2D eigenvalue weighted by Gasteiger charge is -2.07. The van der Waals surface area contributed by atoms with Gasteiger partial charge in [0, 0.05) is 18.0 Å². The van der Waals surface area contributed by atoms with Gasteiger partial charge >= 0.3 is 6.61 Å². The smallest absolute Gasteiger partial charge is 0.387 e. The van der Waals surface area contributed by atoms with Crippen molar-refractivity contribution in [1.82, 2.24) is 20.1 Å². The summed E-state index contributed by atoms with van der Waals surface area (Å²) in [5.74, 6) is 0.271. The first kappa shape index (κ1) is 19.3. The first-order valence-electron chi connectivity index (χ1n) is 8.43. The summed E-state index contributed by atoms with van der Waals surface area (Å²) in [6.07, 6.45) is 2.22. The first-order chi connectivity index (χ1) is 13.0. The van der Waals surface area contributed by atoms with Crippen LogP contribution in [0, 0.1) is 0 Å². The molecule has 1 aliphatic carbocycles. The van der Waals surface area contributed by atoms with E-state index >= 15 is 0 Å². The third-order valence-corrected chi connectivity index (χ3v) is 4.90. The number of hydrogen-bond donors (Lipinski definition) is 1. The van der Waals surface area contributed by atoms with Crippen LogP contribution in [0.4, 0.5) is 8.78 Å². The van der Waals surface area contributed by atoms with E-state index in [-0.39, 0.29) is 17.1 Å². The molecule has 144 valence electrons. The second kappa shape index (κ2) is 8.47. The van der Waals surface area contributed by atoms with Gasteiger partial charge in [0.15, 0.2) is 5.16 Å². The molecule has 1 aliphatic rings. The molecule has 1 aromatic heterocycles. The number of nitrogens with zero attached hydrogens (tertiary/aromatic N) is 3. The number of halogens is 2. The molecule has 1 N–H and O–H groups in total. The molecule has 0 atom stereocenters. The Morgan fingerprint density at radius 1 is 1.30 bits per heavy atom. The Hall–Kier alpha value is -2.49. The highest BCUT2D eigenvalue weighted by Crippen LogP contribution is 2.39. The minimum Gasteiger partial charge on any atom is -0.435 e. The number of ether oxygens (including phenoxy) is 1. The normalized spacial score (nSPS) is 13.6. The van der Waals surface area contributed by atoms with E-state index in [1.165, 1.54) is 36.0 Å². The summed E-state index contributed by atoms with van der Waals surface area (Å²) in [5, 5.41) is 11.2. The van der Waals surface area contributed by atoms with E-state index in [0.29, 0.717) is 11.1 Å². The van der Waals surface area contributed by atoms with E-state index in [0.717, 1.165) is 25.2 Å². The van der Waals surface area contributed by atoms with Crippen molar-refractivity contribution < 1.29 is 23.1 Å². The van der Waals surface area contributed by atoms with E-state index in [1.54, 1.807) is 0 Å². The van der Waals surface area contributed by atoms with Gasteiger partial charge in [-0.25, -0.2) is 0 Å². The average Bonchev–Trinajstić information content (AvgIpc) is 3.39. The van der Waals surface area contributed by atoms with Crippen LogP contribution in [0.5, 0.6) is 5.75 Å². The van der Waals surface area contributed by atoms with Crippen molar-refractivity contribution in [2.24, 2.45) is 0 Å². The van der Waals surface area contributed by atoms with Crippen molar-refractivity contribution in [2.75, 3.05) is 5.75 Å². The maximum Gasteiger partial charge on any atom is 0.387 e. The fourth-order valence-electron chi connectivity index (χ4n) is 2.50. The average molecular weight is 396 g/mol. The van der Waals surface area contributed by atoms with Crippen molar-refractivity contribution in [3.63, 3.8) is 0 Å². The van der Waals surface area contributed by atoms with Crippen LogP contribution in [0.3, 0.4) is 0 Å². The highest BCUT2D eigenvalue weighted by molar-refractivity contribution is 7.99. The van der Waals surface area contributed by atoms with Crippen LogP contribution in [0.2, 0.25) is 0 Å². The number of thioether (sulfide) groups is 1. The molecule has 0 unspecified atom stereocenters. The predicted molar refractivity (Wildman–Crippen MR) is 93.9 cm³/mol. The van der Waals surface area contributed by atoms with Gasteiger partial charge in [-0.15, -0.1) is 10.2 Å². The summed E-state index contributed by atoms with van der Waals surface area (Å²) in [6, 6.07) is 5.10.